The molecule has 128 valence electrons. The molecule has 0 aliphatic carbocycles. The minimum absolute atomic E-state index is 0.149. The van der Waals surface area contributed by atoms with Crippen molar-refractivity contribution in [2.45, 2.75) is 19.0 Å². The Labute approximate surface area is 154 Å². The molecule has 0 aliphatic rings. The number of hydrogen-bond donors (Lipinski definition) is 1. The van der Waals surface area contributed by atoms with Crippen LogP contribution in [-0.4, -0.2) is 31.9 Å². The second kappa shape index (κ2) is 7.67. The number of thioether (sulfide) groups is 1. The molecule has 8 heteroatoms. The minimum Gasteiger partial charge on any atom is -0.325 e. The largest absolute Gasteiger partial charge is 0.325 e. The number of tetrazole rings is 1. The average molecular weight is 374 g/mol. The fraction of sp³-hybridized carbons (Fsp3) is 0.176. The molecular weight excluding hydrogens is 358 g/mol. The maximum atomic E-state index is 12.2. The highest BCUT2D eigenvalue weighted by Crippen LogP contribution is 2.22. The molecule has 25 heavy (non-hydrogen) atoms. The lowest BCUT2D eigenvalue weighted by Crippen LogP contribution is -2.14. The summed E-state index contributed by atoms with van der Waals surface area (Å²) in [4.78, 5) is 12.2. The van der Waals surface area contributed by atoms with E-state index in [2.05, 4.69) is 20.8 Å². The summed E-state index contributed by atoms with van der Waals surface area (Å²) in [7, 11) is 0. The van der Waals surface area contributed by atoms with Gasteiger partial charge < -0.3 is 5.32 Å². The third kappa shape index (κ3) is 4.18. The van der Waals surface area contributed by atoms with Crippen molar-refractivity contribution in [3.05, 3.63) is 58.6 Å². The number of carbonyl (C=O) groups is 1. The summed E-state index contributed by atoms with van der Waals surface area (Å²) in [5, 5.41) is 15.7. The predicted octanol–water partition coefficient (Wildman–Crippen LogP) is 3.66. The zero-order chi connectivity index (χ0) is 17.8. The number of nitrogens with one attached hydrogen (secondary N) is 1. The fourth-order valence-corrected chi connectivity index (χ4v) is 3.08. The lowest BCUT2D eigenvalue weighted by atomic mass is 10.2. The topological polar surface area (TPSA) is 72.7 Å². The molecule has 1 heterocycles. The van der Waals surface area contributed by atoms with E-state index in [4.69, 9.17) is 11.6 Å². The van der Waals surface area contributed by atoms with Gasteiger partial charge in [0.1, 0.15) is 0 Å². The van der Waals surface area contributed by atoms with Crippen molar-refractivity contribution < 1.29 is 4.79 Å². The Morgan fingerprint density at radius 1 is 1.20 bits per heavy atom. The third-order valence-electron chi connectivity index (χ3n) is 3.57. The lowest BCUT2D eigenvalue weighted by Gasteiger charge is -2.08. The summed E-state index contributed by atoms with van der Waals surface area (Å²) in [6.07, 6.45) is 0. The fourth-order valence-electron chi connectivity index (χ4n) is 2.22. The predicted molar refractivity (Wildman–Crippen MR) is 99.4 cm³/mol. The summed E-state index contributed by atoms with van der Waals surface area (Å²) < 4.78 is 1.63. The van der Waals surface area contributed by atoms with Crippen molar-refractivity contribution in [2.24, 2.45) is 0 Å². The Hall–Kier alpha value is -2.38. The van der Waals surface area contributed by atoms with Gasteiger partial charge in [-0.1, -0.05) is 47.6 Å². The van der Waals surface area contributed by atoms with Crippen LogP contribution in [0.5, 0.6) is 0 Å². The molecule has 1 N–H and O–H groups in total. The van der Waals surface area contributed by atoms with Gasteiger partial charge in [0.2, 0.25) is 11.1 Å². The van der Waals surface area contributed by atoms with Gasteiger partial charge in [0.05, 0.1) is 11.4 Å². The van der Waals surface area contributed by atoms with E-state index in [9.17, 15) is 4.79 Å². The molecule has 0 radical (unpaired) electrons. The Bertz CT molecular complexity index is 912. The number of amides is 1. The van der Waals surface area contributed by atoms with Gasteiger partial charge in [-0.05, 0) is 53.6 Å². The van der Waals surface area contributed by atoms with E-state index in [-0.39, 0.29) is 11.7 Å². The number of rotatable bonds is 5. The van der Waals surface area contributed by atoms with Crippen LogP contribution in [0.3, 0.4) is 0 Å². The number of anilines is 1. The van der Waals surface area contributed by atoms with E-state index in [0.717, 1.165) is 16.8 Å². The quantitative estimate of drug-likeness (QED) is 0.691. The van der Waals surface area contributed by atoms with Crippen molar-refractivity contribution in [1.82, 2.24) is 20.2 Å². The van der Waals surface area contributed by atoms with E-state index < -0.39 is 0 Å². The molecule has 1 amide bonds. The minimum atomic E-state index is -0.149. The standard InChI is InChI=1S/C17H16ClN5OS/c1-11-7-8-13(9-14(11)18)19-16(24)10-25-17-20-21-22-23(17)15-6-4-3-5-12(15)2/h3-9H,10H2,1-2H3,(H,19,24). The number of benzene rings is 2. The lowest BCUT2D eigenvalue weighted by molar-refractivity contribution is -0.113. The molecule has 0 bridgehead atoms. The summed E-state index contributed by atoms with van der Waals surface area (Å²) >= 11 is 7.35. The van der Waals surface area contributed by atoms with Crippen LogP contribution >= 0.6 is 23.4 Å². The molecule has 0 saturated heterocycles. The normalized spacial score (nSPS) is 10.7. The van der Waals surface area contributed by atoms with Crippen molar-refractivity contribution in [3.63, 3.8) is 0 Å². The Kier molecular flexibility index (Phi) is 5.35. The first-order chi connectivity index (χ1) is 12.0. The van der Waals surface area contributed by atoms with Gasteiger partial charge in [-0.2, -0.15) is 4.68 Å². The van der Waals surface area contributed by atoms with E-state index in [1.54, 1.807) is 10.7 Å². The van der Waals surface area contributed by atoms with Crippen molar-refractivity contribution in [3.8, 4) is 5.69 Å². The highest BCUT2D eigenvalue weighted by molar-refractivity contribution is 7.99. The maximum absolute atomic E-state index is 12.2. The van der Waals surface area contributed by atoms with Crippen LogP contribution in [-0.2, 0) is 4.79 Å². The van der Waals surface area contributed by atoms with Crippen LogP contribution in [0.25, 0.3) is 5.69 Å². The number of para-hydroxylation sites is 1. The van der Waals surface area contributed by atoms with Crippen LogP contribution in [0.2, 0.25) is 5.02 Å². The van der Waals surface area contributed by atoms with Gasteiger partial charge >= 0.3 is 0 Å². The number of carbonyl (C=O) groups excluding carboxylic acids is 1. The molecule has 0 saturated carbocycles. The third-order valence-corrected chi connectivity index (χ3v) is 4.90. The molecule has 2 aromatic carbocycles. The summed E-state index contributed by atoms with van der Waals surface area (Å²) in [5.74, 6) is 0.0434. The number of halogens is 1. The van der Waals surface area contributed by atoms with Gasteiger partial charge in [-0.25, -0.2) is 0 Å². The van der Waals surface area contributed by atoms with E-state index in [0.29, 0.717) is 15.9 Å². The molecule has 1 aromatic heterocycles. The molecule has 3 rings (SSSR count). The first-order valence-electron chi connectivity index (χ1n) is 7.58. The summed E-state index contributed by atoms with van der Waals surface area (Å²) in [6.45, 7) is 3.90. The molecule has 0 aliphatic heterocycles. The monoisotopic (exact) mass is 373 g/mol. The molecule has 3 aromatic rings. The number of hydrogen-bond acceptors (Lipinski definition) is 5. The summed E-state index contributed by atoms with van der Waals surface area (Å²) in [5.41, 5.74) is 3.57. The van der Waals surface area contributed by atoms with E-state index >= 15 is 0 Å². The van der Waals surface area contributed by atoms with Crippen LogP contribution in [0, 0.1) is 13.8 Å². The number of aromatic nitrogens is 4. The molecule has 0 unspecified atom stereocenters. The van der Waals surface area contributed by atoms with E-state index in [1.807, 2.05) is 50.2 Å². The zero-order valence-corrected chi connectivity index (χ0v) is 15.3. The Morgan fingerprint density at radius 2 is 2.00 bits per heavy atom. The van der Waals surface area contributed by atoms with Crippen LogP contribution in [0.4, 0.5) is 5.69 Å². The SMILES string of the molecule is Cc1ccc(NC(=O)CSc2nnnn2-c2ccccc2C)cc1Cl. The first kappa shape index (κ1) is 17.4. The van der Waals surface area contributed by atoms with Crippen LogP contribution in [0.15, 0.2) is 47.6 Å². The van der Waals surface area contributed by atoms with Crippen LogP contribution < -0.4 is 5.32 Å². The van der Waals surface area contributed by atoms with Crippen LogP contribution in [0.1, 0.15) is 11.1 Å². The molecule has 0 spiro atoms. The maximum Gasteiger partial charge on any atom is 0.234 e. The first-order valence-corrected chi connectivity index (χ1v) is 8.94. The second-order valence-corrected chi connectivity index (χ2v) is 6.81. The van der Waals surface area contributed by atoms with Gasteiger partial charge in [0.25, 0.3) is 0 Å². The molecule has 6 nitrogen and oxygen atoms in total. The molecular formula is C17H16ClN5OS. The van der Waals surface area contributed by atoms with Crippen molar-refractivity contribution in [2.75, 3.05) is 11.1 Å². The number of nitrogens with zero attached hydrogens (tertiary/aromatic N) is 4. The van der Waals surface area contributed by atoms with Gasteiger partial charge in [-0.3, -0.25) is 4.79 Å². The van der Waals surface area contributed by atoms with Gasteiger partial charge in [0, 0.05) is 10.7 Å². The zero-order valence-electron chi connectivity index (χ0n) is 13.7. The van der Waals surface area contributed by atoms with E-state index in [1.165, 1.54) is 11.8 Å². The smallest absolute Gasteiger partial charge is 0.234 e. The average Bonchev–Trinajstić information content (AvgIpc) is 3.05. The number of aryl methyl sites for hydroxylation is 2. The summed E-state index contributed by atoms with van der Waals surface area (Å²) in [6, 6.07) is 13.2. The highest BCUT2D eigenvalue weighted by atomic mass is 35.5. The highest BCUT2D eigenvalue weighted by Gasteiger charge is 2.13. The molecule has 0 fully saturated rings. The van der Waals surface area contributed by atoms with Gasteiger partial charge in [-0.15, -0.1) is 5.10 Å². The Morgan fingerprint density at radius 3 is 2.76 bits per heavy atom. The second-order valence-electron chi connectivity index (χ2n) is 5.46. The molecule has 0 atom stereocenters. The van der Waals surface area contributed by atoms with Crippen molar-refractivity contribution in [1.29, 1.82) is 0 Å². The van der Waals surface area contributed by atoms with Crippen molar-refractivity contribution >= 4 is 35.0 Å². The Balaban J connectivity index is 1.66. The van der Waals surface area contributed by atoms with Gasteiger partial charge in [0.15, 0.2) is 0 Å².